The predicted octanol–water partition coefficient (Wildman–Crippen LogP) is 0.823. The summed E-state index contributed by atoms with van der Waals surface area (Å²) < 4.78 is 9.51. The topological polar surface area (TPSA) is 55.8 Å². The van der Waals surface area contributed by atoms with Crippen LogP contribution in [0, 0.1) is 0 Å². The van der Waals surface area contributed by atoms with E-state index in [4.69, 9.17) is 4.74 Å². The number of hydrogen-bond donors (Lipinski definition) is 0. The van der Waals surface area contributed by atoms with Gasteiger partial charge in [-0.3, -0.25) is 14.5 Å². The first kappa shape index (κ1) is 14.9. The molecular formula is C11H21NO4. The third-order valence-corrected chi connectivity index (χ3v) is 1.91. The lowest BCUT2D eigenvalue weighted by Crippen LogP contribution is -2.29. The Morgan fingerprint density at radius 2 is 1.88 bits per heavy atom. The van der Waals surface area contributed by atoms with Crippen LogP contribution in [0.25, 0.3) is 0 Å². The standard InChI is InChI=1S/C11H21NO4/c1-9(2)16-11(14)8-12(3)7-5-6-10(13)15-4/h9H,5-8H2,1-4H3. The molecule has 0 aliphatic heterocycles. The van der Waals surface area contributed by atoms with E-state index in [1.807, 2.05) is 25.8 Å². The summed E-state index contributed by atoms with van der Waals surface area (Å²) in [5.74, 6) is -0.464. The van der Waals surface area contributed by atoms with Gasteiger partial charge in [-0.05, 0) is 33.9 Å². The van der Waals surface area contributed by atoms with E-state index < -0.39 is 0 Å². The summed E-state index contributed by atoms with van der Waals surface area (Å²) in [5, 5.41) is 0. The maximum absolute atomic E-state index is 11.3. The lowest BCUT2D eigenvalue weighted by Gasteiger charge is -2.16. The molecule has 0 radical (unpaired) electrons. The van der Waals surface area contributed by atoms with Crippen molar-refractivity contribution in [2.45, 2.75) is 32.8 Å². The lowest BCUT2D eigenvalue weighted by atomic mass is 10.3. The molecule has 0 rings (SSSR count). The van der Waals surface area contributed by atoms with Crippen molar-refractivity contribution in [1.29, 1.82) is 0 Å². The van der Waals surface area contributed by atoms with Gasteiger partial charge in [0.05, 0.1) is 19.8 Å². The molecule has 0 saturated heterocycles. The first-order valence-corrected chi connectivity index (χ1v) is 5.40. The molecule has 0 amide bonds. The third-order valence-electron chi connectivity index (χ3n) is 1.91. The highest BCUT2D eigenvalue weighted by Crippen LogP contribution is 1.96. The number of hydrogen-bond acceptors (Lipinski definition) is 5. The largest absolute Gasteiger partial charge is 0.469 e. The molecule has 0 aromatic rings. The zero-order valence-corrected chi connectivity index (χ0v) is 10.5. The summed E-state index contributed by atoms with van der Waals surface area (Å²) >= 11 is 0. The van der Waals surface area contributed by atoms with E-state index in [9.17, 15) is 9.59 Å². The van der Waals surface area contributed by atoms with Gasteiger partial charge in [-0.2, -0.15) is 0 Å². The molecule has 0 aromatic heterocycles. The van der Waals surface area contributed by atoms with Crippen LogP contribution in [0.5, 0.6) is 0 Å². The van der Waals surface area contributed by atoms with E-state index in [1.165, 1.54) is 7.11 Å². The van der Waals surface area contributed by atoms with Crippen molar-refractivity contribution in [3.8, 4) is 0 Å². The molecule has 5 heteroatoms. The molecule has 0 spiro atoms. The van der Waals surface area contributed by atoms with E-state index >= 15 is 0 Å². The summed E-state index contributed by atoms with van der Waals surface area (Å²) in [6, 6.07) is 0. The SMILES string of the molecule is COC(=O)CCCN(C)CC(=O)OC(C)C. The Morgan fingerprint density at radius 1 is 1.25 bits per heavy atom. The summed E-state index contributed by atoms with van der Waals surface area (Å²) in [6.07, 6.45) is 0.967. The van der Waals surface area contributed by atoms with E-state index in [-0.39, 0.29) is 24.6 Å². The number of likely N-dealkylation sites (N-methyl/N-ethyl adjacent to an activating group) is 1. The van der Waals surface area contributed by atoms with Crippen LogP contribution >= 0.6 is 0 Å². The Bertz CT molecular complexity index is 228. The average Bonchev–Trinajstić information content (AvgIpc) is 2.15. The highest BCUT2D eigenvalue weighted by atomic mass is 16.5. The van der Waals surface area contributed by atoms with Crippen LogP contribution < -0.4 is 0 Å². The van der Waals surface area contributed by atoms with Crippen molar-refractivity contribution < 1.29 is 19.1 Å². The summed E-state index contributed by atoms with van der Waals surface area (Å²) in [7, 11) is 3.19. The first-order valence-electron chi connectivity index (χ1n) is 5.40. The Labute approximate surface area is 96.7 Å². The van der Waals surface area contributed by atoms with Crippen LogP contribution in [0.3, 0.4) is 0 Å². The van der Waals surface area contributed by atoms with Crippen LogP contribution in [0.15, 0.2) is 0 Å². The molecule has 0 aliphatic carbocycles. The van der Waals surface area contributed by atoms with Gasteiger partial charge in [-0.15, -0.1) is 0 Å². The normalized spacial score (nSPS) is 10.6. The number of nitrogens with zero attached hydrogens (tertiary/aromatic N) is 1. The minimum atomic E-state index is -0.240. The Morgan fingerprint density at radius 3 is 2.38 bits per heavy atom. The second kappa shape index (κ2) is 8.10. The molecule has 0 heterocycles. The fourth-order valence-electron chi connectivity index (χ4n) is 1.19. The zero-order valence-electron chi connectivity index (χ0n) is 10.5. The first-order chi connectivity index (χ1) is 7.45. The van der Waals surface area contributed by atoms with Crippen LogP contribution in [0.1, 0.15) is 26.7 Å². The lowest BCUT2D eigenvalue weighted by molar-refractivity contribution is -0.148. The molecule has 0 unspecified atom stereocenters. The number of rotatable bonds is 7. The van der Waals surface area contributed by atoms with E-state index in [0.29, 0.717) is 19.4 Å². The molecule has 0 aliphatic rings. The van der Waals surface area contributed by atoms with Gasteiger partial charge in [0.15, 0.2) is 0 Å². The molecule has 0 atom stereocenters. The van der Waals surface area contributed by atoms with Gasteiger partial charge in [-0.25, -0.2) is 0 Å². The number of carbonyl (C=O) groups is 2. The van der Waals surface area contributed by atoms with Crippen LogP contribution in [-0.4, -0.2) is 50.2 Å². The summed E-state index contributed by atoms with van der Waals surface area (Å²) in [6.45, 7) is 4.55. The van der Waals surface area contributed by atoms with Gasteiger partial charge < -0.3 is 9.47 Å². The van der Waals surface area contributed by atoms with Crippen molar-refractivity contribution in [3.63, 3.8) is 0 Å². The third kappa shape index (κ3) is 8.23. The van der Waals surface area contributed by atoms with Crippen molar-refractivity contribution in [1.82, 2.24) is 4.90 Å². The highest BCUT2D eigenvalue weighted by Gasteiger charge is 2.09. The molecule has 0 bridgehead atoms. The molecule has 5 nitrogen and oxygen atoms in total. The molecule has 16 heavy (non-hydrogen) atoms. The Balaban J connectivity index is 3.61. The molecule has 0 saturated carbocycles. The van der Waals surface area contributed by atoms with Crippen molar-refractivity contribution in [3.05, 3.63) is 0 Å². The predicted molar refractivity (Wildman–Crippen MR) is 60.0 cm³/mol. The van der Waals surface area contributed by atoms with Crippen LogP contribution in [0.2, 0.25) is 0 Å². The van der Waals surface area contributed by atoms with Crippen molar-refractivity contribution >= 4 is 11.9 Å². The van der Waals surface area contributed by atoms with Gasteiger partial charge in [0.25, 0.3) is 0 Å². The smallest absolute Gasteiger partial charge is 0.320 e. The molecule has 0 N–H and O–H groups in total. The maximum Gasteiger partial charge on any atom is 0.320 e. The second-order valence-corrected chi connectivity index (χ2v) is 3.96. The Kier molecular flexibility index (Phi) is 7.54. The van der Waals surface area contributed by atoms with Crippen molar-refractivity contribution in [2.75, 3.05) is 27.2 Å². The molecule has 94 valence electrons. The molecular weight excluding hydrogens is 210 g/mol. The summed E-state index contributed by atoms with van der Waals surface area (Å²) in [5.41, 5.74) is 0. The van der Waals surface area contributed by atoms with E-state index in [1.54, 1.807) is 0 Å². The molecule has 0 aromatic carbocycles. The van der Waals surface area contributed by atoms with Crippen LogP contribution in [0.4, 0.5) is 0 Å². The van der Waals surface area contributed by atoms with Gasteiger partial charge in [0.1, 0.15) is 0 Å². The zero-order chi connectivity index (χ0) is 12.6. The van der Waals surface area contributed by atoms with Gasteiger partial charge in [0.2, 0.25) is 0 Å². The summed E-state index contributed by atoms with van der Waals surface area (Å²) in [4.78, 5) is 23.9. The minimum Gasteiger partial charge on any atom is -0.469 e. The van der Waals surface area contributed by atoms with E-state index in [2.05, 4.69) is 4.74 Å². The number of methoxy groups -OCH3 is 1. The van der Waals surface area contributed by atoms with Crippen LogP contribution in [-0.2, 0) is 19.1 Å². The Hall–Kier alpha value is -1.10. The monoisotopic (exact) mass is 231 g/mol. The fourth-order valence-corrected chi connectivity index (χ4v) is 1.19. The second-order valence-electron chi connectivity index (χ2n) is 3.96. The van der Waals surface area contributed by atoms with E-state index in [0.717, 1.165) is 0 Å². The van der Waals surface area contributed by atoms with Gasteiger partial charge in [0, 0.05) is 6.42 Å². The molecule has 0 fully saturated rings. The fraction of sp³-hybridized carbons (Fsp3) is 0.818. The quantitative estimate of drug-likeness (QED) is 0.607. The van der Waals surface area contributed by atoms with Gasteiger partial charge >= 0.3 is 11.9 Å². The number of esters is 2. The maximum atomic E-state index is 11.3. The number of ether oxygens (including phenoxy) is 2. The highest BCUT2D eigenvalue weighted by molar-refractivity contribution is 5.71. The van der Waals surface area contributed by atoms with Crippen molar-refractivity contribution in [2.24, 2.45) is 0 Å². The van der Waals surface area contributed by atoms with Gasteiger partial charge in [-0.1, -0.05) is 0 Å². The minimum absolute atomic E-state index is 0.0871. The number of carbonyl (C=O) groups excluding carboxylic acids is 2. The average molecular weight is 231 g/mol.